The smallest absolute Gasteiger partial charge is 0.471 e. The third kappa shape index (κ3) is 8.18. The zero-order chi connectivity index (χ0) is 32.0. The van der Waals surface area contributed by atoms with Crippen LogP contribution in [0, 0.1) is 0 Å². The van der Waals surface area contributed by atoms with E-state index in [4.69, 9.17) is 14.2 Å². The lowest BCUT2D eigenvalue weighted by Gasteiger charge is -2.36. The minimum absolute atomic E-state index is 0.0485. The maximum atomic E-state index is 12.9. The fourth-order valence-electron chi connectivity index (χ4n) is 5.49. The number of thioether (sulfide) groups is 1. The molecule has 8 nitrogen and oxygen atoms in total. The second-order valence-corrected chi connectivity index (χ2v) is 12.0. The molecule has 0 saturated carbocycles. The Bertz CT molecular complexity index is 1450. The van der Waals surface area contributed by atoms with Crippen LogP contribution in [0.5, 0.6) is 5.75 Å². The number of carbonyl (C=O) groups excluding carboxylic acids is 2. The van der Waals surface area contributed by atoms with Crippen LogP contribution < -0.4 is 10.1 Å². The average Bonchev–Trinajstić information content (AvgIpc) is 3.56. The highest BCUT2D eigenvalue weighted by Crippen LogP contribution is 2.40. The number of benzene rings is 3. The Balaban J connectivity index is 1.25. The number of methoxy groups -OCH3 is 1. The highest BCUT2D eigenvalue weighted by atomic mass is 32.2. The molecule has 0 unspecified atom stereocenters. The van der Waals surface area contributed by atoms with Gasteiger partial charge in [-0.1, -0.05) is 60.7 Å². The molecule has 0 aliphatic carbocycles. The van der Waals surface area contributed by atoms with Crippen LogP contribution in [0.25, 0.3) is 0 Å². The van der Waals surface area contributed by atoms with Gasteiger partial charge in [-0.2, -0.15) is 13.2 Å². The Morgan fingerprint density at radius 3 is 2.38 bits per heavy atom. The van der Waals surface area contributed by atoms with Gasteiger partial charge in [-0.05, 0) is 41.7 Å². The normalized spacial score (nSPS) is 21.8. The number of likely N-dealkylation sites (tertiary alicyclic amines) is 1. The molecule has 12 heteroatoms. The number of carbonyl (C=O) groups is 2. The Morgan fingerprint density at radius 2 is 1.69 bits per heavy atom. The van der Waals surface area contributed by atoms with Gasteiger partial charge in [0.1, 0.15) is 11.8 Å². The molecular weight excluding hydrogens is 609 g/mol. The SMILES string of the molecule is COc1ccccc1SC[C@@H]1C[C@H](c2ccc(CO)cc2)O[C@H](c2ccc(CNC(=O)[C@@H]3CCCN3C(=O)C(F)(F)F)cc2)O1. The van der Waals surface area contributed by atoms with E-state index in [1.165, 1.54) is 0 Å². The summed E-state index contributed by atoms with van der Waals surface area (Å²) in [4.78, 5) is 26.0. The van der Waals surface area contributed by atoms with Crippen molar-refractivity contribution in [2.75, 3.05) is 19.4 Å². The standard InChI is InChI=1S/C33H35F3N2O6S/c1-42-27-6-2-3-7-29(27)45-20-25-17-28(23-12-10-22(19-39)11-13-23)44-31(43-25)24-14-8-21(9-15-24)18-37-30(40)26-5-4-16-38(26)32(41)33(34,35)36/h2-3,6-15,25-26,28,31,39H,4-5,16-20H2,1H3,(H,37,40)/t25-,26-,28+,31+/m0/s1. The summed E-state index contributed by atoms with van der Waals surface area (Å²) in [5.74, 6) is -1.15. The highest BCUT2D eigenvalue weighted by Gasteiger charge is 2.47. The van der Waals surface area contributed by atoms with Crippen LogP contribution >= 0.6 is 11.8 Å². The zero-order valence-electron chi connectivity index (χ0n) is 24.7. The Hall–Kier alpha value is -3.58. The largest absolute Gasteiger partial charge is 0.496 e. The van der Waals surface area contributed by atoms with Gasteiger partial charge < -0.3 is 29.5 Å². The van der Waals surface area contributed by atoms with Gasteiger partial charge in [0.05, 0.1) is 25.9 Å². The first-order valence-electron chi connectivity index (χ1n) is 14.7. The Morgan fingerprint density at radius 1 is 1.00 bits per heavy atom. The molecule has 0 radical (unpaired) electrons. The third-order valence-corrected chi connectivity index (χ3v) is 9.07. The summed E-state index contributed by atoms with van der Waals surface area (Å²) in [5, 5.41) is 12.1. The van der Waals surface area contributed by atoms with Gasteiger partial charge in [0.2, 0.25) is 5.91 Å². The van der Waals surface area contributed by atoms with Crippen molar-refractivity contribution in [3.8, 4) is 5.75 Å². The molecule has 5 rings (SSSR count). The van der Waals surface area contributed by atoms with Gasteiger partial charge in [0.25, 0.3) is 0 Å². The number of para-hydroxylation sites is 1. The van der Waals surface area contributed by atoms with E-state index < -0.39 is 30.3 Å². The summed E-state index contributed by atoms with van der Waals surface area (Å²) in [6, 6.07) is 21.6. The van der Waals surface area contributed by atoms with Crippen LogP contribution in [0.2, 0.25) is 0 Å². The van der Waals surface area contributed by atoms with Crippen LogP contribution in [0.15, 0.2) is 77.7 Å². The monoisotopic (exact) mass is 644 g/mol. The van der Waals surface area contributed by atoms with Crippen LogP contribution in [-0.2, 0) is 32.2 Å². The summed E-state index contributed by atoms with van der Waals surface area (Å²) in [6.07, 6.45) is -4.97. The number of amides is 2. The second kappa shape index (κ2) is 14.7. The van der Waals surface area contributed by atoms with Gasteiger partial charge in [0.15, 0.2) is 6.29 Å². The maximum absolute atomic E-state index is 12.9. The number of aliphatic hydroxyl groups is 1. The van der Waals surface area contributed by atoms with Crippen molar-refractivity contribution in [2.45, 2.75) is 68.0 Å². The van der Waals surface area contributed by atoms with E-state index in [0.29, 0.717) is 23.5 Å². The first kappa shape index (κ1) is 32.8. The molecular formula is C33H35F3N2O6S. The van der Waals surface area contributed by atoms with Crippen molar-refractivity contribution in [3.63, 3.8) is 0 Å². The molecule has 0 bridgehead atoms. The molecule has 2 aliphatic heterocycles. The lowest BCUT2D eigenvalue weighted by molar-refractivity contribution is -0.245. The molecule has 2 heterocycles. The van der Waals surface area contributed by atoms with Gasteiger partial charge >= 0.3 is 12.1 Å². The quantitative estimate of drug-likeness (QED) is 0.274. The lowest BCUT2D eigenvalue weighted by Crippen LogP contribution is -2.50. The van der Waals surface area contributed by atoms with E-state index >= 15 is 0 Å². The van der Waals surface area contributed by atoms with E-state index in [9.17, 15) is 27.9 Å². The topological polar surface area (TPSA) is 97.3 Å². The molecule has 2 aliphatic rings. The minimum atomic E-state index is -5.02. The number of hydrogen-bond donors (Lipinski definition) is 2. The number of hydrogen-bond acceptors (Lipinski definition) is 7. The third-order valence-electron chi connectivity index (χ3n) is 7.89. The summed E-state index contributed by atoms with van der Waals surface area (Å²) < 4.78 is 57.2. The van der Waals surface area contributed by atoms with Crippen molar-refractivity contribution in [1.29, 1.82) is 0 Å². The number of aliphatic hydroxyl groups excluding tert-OH is 1. The van der Waals surface area contributed by atoms with E-state index in [1.807, 2.05) is 60.7 Å². The molecule has 2 N–H and O–H groups in total. The zero-order valence-corrected chi connectivity index (χ0v) is 25.5. The maximum Gasteiger partial charge on any atom is 0.471 e. The number of alkyl halides is 3. The van der Waals surface area contributed by atoms with E-state index in [2.05, 4.69) is 5.32 Å². The molecule has 2 amide bonds. The van der Waals surface area contributed by atoms with Gasteiger partial charge in [-0.3, -0.25) is 9.59 Å². The van der Waals surface area contributed by atoms with Crippen molar-refractivity contribution < 1.29 is 42.1 Å². The number of nitrogens with one attached hydrogen (secondary N) is 1. The van der Waals surface area contributed by atoms with Crippen LogP contribution in [0.1, 0.15) is 53.9 Å². The summed E-state index contributed by atoms with van der Waals surface area (Å²) >= 11 is 1.64. The number of nitrogens with zero attached hydrogens (tertiary/aromatic N) is 1. The molecule has 2 saturated heterocycles. The predicted molar refractivity (Wildman–Crippen MR) is 161 cm³/mol. The van der Waals surface area contributed by atoms with Crippen LogP contribution in [-0.4, -0.2) is 59.6 Å². The van der Waals surface area contributed by atoms with Gasteiger partial charge in [-0.15, -0.1) is 11.8 Å². The van der Waals surface area contributed by atoms with Crippen molar-refractivity contribution in [2.24, 2.45) is 0 Å². The molecule has 0 aromatic heterocycles. The van der Waals surface area contributed by atoms with Gasteiger partial charge in [0, 0.05) is 35.7 Å². The molecule has 4 atom stereocenters. The van der Waals surface area contributed by atoms with Crippen molar-refractivity contribution >= 4 is 23.6 Å². The predicted octanol–water partition coefficient (Wildman–Crippen LogP) is 5.69. The van der Waals surface area contributed by atoms with E-state index in [0.717, 1.165) is 32.9 Å². The molecule has 45 heavy (non-hydrogen) atoms. The molecule has 240 valence electrons. The summed E-state index contributed by atoms with van der Waals surface area (Å²) in [5.41, 5.74) is 3.28. The van der Waals surface area contributed by atoms with Gasteiger partial charge in [-0.25, -0.2) is 0 Å². The van der Waals surface area contributed by atoms with Crippen molar-refractivity contribution in [3.05, 3.63) is 95.1 Å². The Labute approximate surface area is 263 Å². The number of halogens is 3. The highest BCUT2D eigenvalue weighted by molar-refractivity contribution is 7.99. The van der Waals surface area contributed by atoms with Crippen molar-refractivity contribution in [1.82, 2.24) is 10.2 Å². The number of rotatable bonds is 10. The molecule has 0 spiro atoms. The van der Waals surface area contributed by atoms with E-state index in [1.54, 1.807) is 31.0 Å². The number of ether oxygens (including phenoxy) is 3. The molecule has 3 aromatic rings. The first-order chi connectivity index (χ1) is 21.7. The molecule has 3 aromatic carbocycles. The fourth-order valence-corrected chi connectivity index (χ4v) is 6.54. The summed E-state index contributed by atoms with van der Waals surface area (Å²) in [7, 11) is 1.64. The van der Waals surface area contributed by atoms with Crippen LogP contribution in [0.3, 0.4) is 0 Å². The second-order valence-electron chi connectivity index (χ2n) is 10.9. The minimum Gasteiger partial charge on any atom is -0.496 e. The molecule has 2 fully saturated rings. The van der Waals surface area contributed by atoms with Crippen LogP contribution in [0.4, 0.5) is 13.2 Å². The fraction of sp³-hybridized carbons (Fsp3) is 0.394. The van der Waals surface area contributed by atoms with E-state index in [-0.39, 0.29) is 38.3 Å². The lowest BCUT2D eigenvalue weighted by atomic mass is 10.0. The first-order valence-corrected chi connectivity index (χ1v) is 15.7. The Kier molecular flexibility index (Phi) is 10.7. The summed E-state index contributed by atoms with van der Waals surface area (Å²) in [6.45, 7) is -0.0569. The average molecular weight is 645 g/mol.